The molecule has 8 heteroatoms. The second-order valence-electron chi connectivity index (χ2n) is 10.1. The van der Waals surface area contributed by atoms with E-state index in [1.165, 1.54) is 12.5 Å². The van der Waals surface area contributed by atoms with Crippen molar-refractivity contribution < 1.29 is 14.0 Å². The van der Waals surface area contributed by atoms with E-state index in [1.807, 2.05) is 0 Å². The third-order valence-electron chi connectivity index (χ3n) is 7.16. The Morgan fingerprint density at radius 2 is 1.94 bits per heavy atom. The maximum atomic E-state index is 14.1. The van der Waals surface area contributed by atoms with Crippen molar-refractivity contribution in [3.8, 4) is 0 Å². The third-order valence-corrected chi connectivity index (χ3v) is 7.16. The number of aromatic amines is 1. The quantitative estimate of drug-likeness (QED) is 0.517. The van der Waals surface area contributed by atoms with Gasteiger partial charge in [-0.1, -0.05) is 26.5 Å². The fourth-order valence-electron chi connectivity index (χ4n) is 4.92. The number of piperidine rings is 1. The van der Waals surface area contributed by atoms with Crippen molar-refractivity contribution in [3.63, 3.8) is 0 Å². The van der Waals surface area contributed by atoms with E-state index in [1.54, 1.807) is 19.1 Å². The molecule has 34 heavy (non-hydrogen) atoms. The van der Waals surface area contributed by atoms with E-state index in [0.717, 1.165) is 38.0 Å². The van der Waals surface area contributed by atoms with Crippen LogP contribution in [0.4, 0.5) is 4.39 Å². The van der Waals surface area contributed by atoms with Crippen molar-refractivity contribution in [2.24, 2.45) is 17.8 Å². The Morgan fingerprint density at radius 3 is 2.59 bits per heavy atom. The number of para-hydroxylation sites is 1. The molecule has 1 aromatic heterocycles. The monoisotopic (exact) mass is 469 g/mol. The summed E-state index contributed by atoms with van der Waals surface area (Å²) < 4.78 is 14.1. The van der Waals surface area contributed by atoms with E-state index in [2.05, 4.69) is 45.9 Å². The molecule has 1 aliphatic heterocycles. The number of hydrogen-bond donors (Lipinski definition) is 3. The minimum absolute atomic E-state index is 0.0330. The van der Waals surface area contributed by atoms with Crippen LogP contribution < -0.4 is 10.6 Å². The lowest BCUT2D eigenvalue weighted by Gasteiger charge is -2.32. The van der Waals surface area contributed by atoms with Gasteiger partial charge < -0.3 is 20.5 Å². The van der Waals surface area contributed by atoms with Gasteiger partial charge in [-0.15, -0.1) is 0 Å². The van der Waals surface area contributed by atoms with Crippen LogP contribution in [-0.4, -0.2) is 45.8 Å². The zero-order chi connectivity index (χ0) is 24.4. The zero-order valence-corrected chi connectivity index (χ0v) is 20.4. The smallest absolute Gasteiger partial charge is 0.243 e. The number of benzene rings is 1. The van der Waals surface area contributed by atoms with Crippen molar-refractivity contribution in [2.45, 2.75) is 65.0 Å². The lowest BCUT2D eigenvalue weighted by Crippen LogP contribution is -2.49. The topological polar surface area (TPSA) is 90.1 Å². The largest absolute Gasteiger partial charge is 0.375 e. The summed E-state index contributed by atoms with van der Waals surface area (Å²) in [4.78, 5) is 35.9. The normalized spacial score (nSPS) is 21.9. The van der Waals surface area contributed by atoms with Crippen LogP contribution in [0.5, 0.6) is 0 Å². The van der Waals surface area contributed by atoms with E-state index in [0.29, 0.717) is 29.6 Å². The molecule has 1 aromatic carbocycles. The standard InChI is InChI=1S/C26H36FN5O2/c1-15(2)18-14-19(18)25(33)30-22(13-16(3)32-11-6-5-7-12-32)26(34)28-17(4)24-29-21-10-8-9-20(27)23(21)31-24/h8-10,15,17-19,22H,3,5-7,11-14H2,1-2,4H3,(H,28,34)(H,29,31)(H,30,33)/t17-,18?,19?,22-/m0/s1. The second-order valence-corrected chi connectivity index (χ2v) is 10.1. The van der Waals surface area contributed by atoms with Gasteiger partial charge in [0.15, 0.2) is 5.82 Å². The minimum Gasteiger partial charge on any atom is -0.375 e. The number of aromatic nitrogens is 2. The summed E-state index contributed by atoms with van der Waals surface area (Å²) in [6, 6.07) is 3.51. The first-order valence-electron chi connectivity index (χ1n) is 12.4. The SMILES string of the molecule is C=C(C[C@H](NC(=O)C1CC1C(C)C)C(=O)N[C@@H](C)c1nc2c(F)cccc2[nH]1)N1CCCCC1. The first-order valence-corrected chi connectivity index (χ1v) is 12.4. The number of H-pyrrole nitrogens is 1. The predicted molar refractivity (Wildman–Crippen MR) is 130 cm³/mol. The Morgan fingerprint density at radius 1 is 1.21 bits per heavy atom. The summed E-state index contributed by atoms with van der Waals surface area (Å²) in [5, 5.41) is 5.95. The van der Waals surface area contributed by atoms with Crippen molar-refractivity contribution in [3.05, 3.63) is 42.1 Å². The minimum atomic E-state index is -0.723. The maximum Gasteiger partial charge on any atom is 0.243 e. The van der Waals surface area contributed by atoms with Gasteiger partial charge in [0.05, 0.1) is 11.6 Å². The van der Waals surface area contributed by atoms with Crippen molar-refractivity contribution >= 4 is 22.8 Å². The summed E-state index contributed by atoms with van der Waals surface area (Å²) in [5.74, 6) is 0.485. The number of rotatable bonds is 9. The first-order chi connectivity index (χ1) is 16.2. The number of carbonyl (C=O) groups excluding carboxylic acids is 2. The van der Waals surface area contributed by atoms with Crippen LogP contribution in [0.15, 0.2) is 30.5 Å². The third kappa shape index (κ3) is 5.42. The fourth-order valence-corrected chi connectivity index (χ4v) is 4.92. The lowest BCUT2D eigenvalue weighted by molar-refractivity contribution is -0.130. The molecule has 2 heterocycles. The Balaban J connectivity index is 1.45. The van der Waals surface area contributed by atoms with Crippen molar-refractivity contribution in [1.29, 1.82) is 0 Å². The van der Waals surface area contributed by atoms with Crippen LogP contribution in [0.2, 0.25) is 0 Å². The number of hydrogen-bond acceptors (Lipinski definition) is 4. The summed E-state index contributed by atoms with van der Waals surface area (Å²) in [6.45, 7) is 12.1. The van der Waals surface area contributed by atoms with Crippen LogP contribution in [0.3, 0.4) is 0 Å². The Labute approximate surface area is 200 Å². The van der Waals surface area contributed by atoms with Crippen LogP contribution in [0.25, 0.3) is 11.0 Å². The van der Waals surface area contributed by atoms with Gasteiger partial charge in [0.25, 0.3) is 0 Å². The molecule has 7 nitrogen and oxygen atoms in total. The number of amides is 2. The van der Waals surface area contributed by atoms with E-state index in [-0.39, 0.29) is 23.2 Å². The van der Waals surface area contributed by atoms with Gasteiger partial charge in [0.2, 0.25) is 11.8 Å². The highest BCUT2D eigenvalue weighted by Gasteiger charge is 2.45. The summed E-state index contributed by atoms with van der Waals surface area (Å²) in [5.41, 5.74) is 1.69. The van der Waals surface area contributed by atoms with E-state index >= 15 is 0 Å². The van der Waals surface area contributed by atoms with Gasteiger partial charge in [0.1, 0.15) is 17.4 Å². The zero-order valence-electron chi connectivity index (χ0n) is 20.4. The highest BCUT2D eigenvalue weighted by molar-refractivity contribution is 5.90. The van der Waals surface area contributed by atoms with Gasteiger partial charge in [-0.05, 0) is 56.6 Å². The van der Waals surface area contributed by atoms with Crippen LogP contribution in [0, 0.1) is 23.6 Å². The van der Waals surface area contributed by atoms with Gasteiger partial charge in [-0.3, -0.25) is 9.59 Å². The summed E-state index contributed by atoms with van der Waals surface area (Å²) in [6.07, 6.45) is 4.66. The Hall–Kier alpha value is -2.90. The maximum absolute atomic E-state index is 14.1. The molecule has 2 aliphatic rings. The first kappa shape index (κ1) is 24.2. The fraction of sp³-hybridized carbons (Fsp3) is 0.577. The summed E-state index contributed by atoms with van der Waals surface area (Å²) in [7, 11) is 0. The van der Waals surface area contributed by atoms with E-state index < -0.39 is 17.9 Å². The van der Waals surface area contributed by atoms with Gasteiger partial charge >= 0.3 is 0 Å². The molecule has 0 bridgehead atoms. The highest BCUT2D eigenvalue weighted by atomic mass is 19.1. The molecule has 1 saturated heterocycles. The van der Waals surface area contributed by atoms with Crippen molar-refractivity contribution in [1.82, 2.24) is 25.5 Å². The molecule has 2 unspecified atom stereocenters. The Bertz CT molecular complexity index is 1060. The van der Waals surface area contributed by atoms with Crippen LogP contribution >= 0.6 is 0 Å². The van der Waals surface area contributed by atoms with Gasteiger partial charge in [-0.25, -0.2) is 9.37 Å². The molecule has 4 atom stereocenters. The number of likely N-dealkylation sites (tertiary alicyclic amines) is 1. The molecule has 0 radical (unpaired) electrons. The molecular weight excluding hydrogens is 433 g/mol. The molecular formula is C26H36FN5O2. The molecule has 2 amide bonds. The highest BCUT2D eigenvalue weighted by Crippen LogP contribution is 2.44. The number of halogens is 1. The van der Waals surface area contributed by atoms with Gasteiger partial charge in [0, 0.05) is 31.1 Å². The predicted octanol–water partition coefficient (Wildman–Crippen LogP) is 4.05. The van der Waals surface area contributed by atoms with E-state index in [4.69, 9.17) is 0 Å². The molecule has 1 saturated carbocycles. The average molecular weight is 470 g/mol. The second kappa shape index (κ2) is 10.2. The number of imidazole rings is 1. The molecule has 2 aromatic rings. The number of nitrogens with zero attached hydrogens (tertiary/aromatic N) is 2. The molecule has 184 valence electrons. The number of fused-ring (bicyclic) bond motifs is 1. The summed E-state index contributed by atoms with van der Waals surface area (Å²) >= 11 is 0. The van der Waals surface area contributed by atoms with Crippen molar-refractivity contribution in [2.75, 3.05) is 13.1 Å². The Kier molecular flexibility index (Phi) is 7.24. The van der Waals surface area contributed by atoms with Crippen LogP contribution in [-0.2, 0) is 9.59 Å². The lowest BCUT2D eigenvalue weighted by atomic mass is 10.0. The molecule has 0 spiro atoms. The average Bonchev–Trinajstić information content (AvgIpc) is 3.51. The molecule has 1 aliphatic carbocycles. The van der Waals surface area contributed by atoms with E-state index in [9.17, 15) is 14.0 Å². The van der Waals surface area contributed by atoms with Crippen LogP contribution in [0.1, 0.15) is 64.7 Å². The molecule has 3 N–H and O–H groups in total. The molecule has 2 fully saturated rings. The number of nitrogens with one attached hydrogen (secondary N) is 3. The van der Waals surface area contributed by atoms with Gasteiger partial charge in [-0.2, -0.15) is 0 Å². The number of carbonyl (C=O) groups is 2. The molecule has 4 rings (SSSR count).